The number of ether oxygens (including phenoxy) is 1. The molecular formula is C9H10N4O2. The maximum Gasteiger partial charge on any atom is 0.325 e. The lowest BCUT2D eigenvalue weighted by atomic mass is 10.3. The highest BCUT2D eigenvalue weighted by atomic mass is 16.5. The van der Waals surface area contributed by atoms with E-state index in [1.807, 2.05) is 6.07 Å². The molecular weight excluding hydrogens is 196 g/mol. The zero-order valence-electron chi connectivity index (χ0n) is 8.23. The van der Waals surface area contributed by atoms with E-state index in [4.69, 9.17) is 10.00 Å². The quantitative estimate of drug-likeness (QED) is 0.714. The normalized spacial score (nSPS) is 9.07. The molecule has 0 atom stereocenters. The molecule has 0 aliphatic heterocycles. The molecule has 6 nitrogen and oxygen atoms in total. The smallest absolute Gasteiger partial charge is 0.325 e. The van der Waals surface area contributed by atoms with Crippen LogP contribution in [0, 0.1) is 11.3 Å². The van der Waals surface area contributed by atoms with Crippen LogP contribution >= 0.6 is 0 Å². The summed E-state index contributed by atoms with van der Waals surface area (Å²) in [5.74, 6) is -0.111. The van der Waals surface area contributed by atoms with Gasteiger partial charge in [0.2, 0.25) is 0 Å². The van der Waals surface area contributed by atoms with Gasteiger partial charge in [-0.05, 0) is 13.0 Å². The van der Waals surface area contributed by atoms with Crippen molar-refractivity contribution >= 4 is 11.8 Å². The molecule has 0 aromatic carbocycles. The van der Waals surface area contributed by atoms with Gasteiger partial charge in [-0.2, -0.15) is 10.4 Å². The fourth-order valence-corrected chi connectivity index (χ4v) is 0.920. The van der Waals surface area contributed by atoms with E-state index in [9.17, 15) is 4.79 Å². The summed E-state index contributed by atoms with van der Waals surface area (Å²) in [7, 11) is 0. The highest BCUT2D eigenvalue weighted by Gasteiger charge is 2.05. The van der Waals surface area contributed by atoms with E-state index in [1.165, 1.54) is 12.3 Å². The first-order valence-corrected chi connectivity index (χ1v) is 4.39. The number of carbonyl (C=O) groups excluding carboxylic acids is 1. The Bertz CT molecular complexity index is 386. The lowest BCUT2D eigenvalue weighted by molar-refractivity contribution is -0.140. The highest BCUT2D eigenvalue weighted by molar-refractivity contribution is 5.75. The number of carbonyl (C=O) groups is 1. The zero-order chi connectivity index (χ0) is 11.1. The largest absolute Gasteiger partial charge is 0.465 e. The van der Waals surface area contributed by atoms with Gasteiger partial charge >= 0.3 is 5.97 Å². The Labute approximate surface area is 86.9 Å². The zero-order valence-corrected chi connectivity index (χ0v) is 8.23. The molecule has 1 heterocycles. The number of nitriles is 1. The third kappa shape index (κ3) is 3.23. The molecule has 0 saturated heterocycles. The molecule has 6 heteroatoms. The van der Waals surface area contributed by atoms with E-state index in [-0.39, 0.29) is 12.4 Å². The third-order valence-corrected chi connectivity index (χ3v) is 1.55. The summed E-state index contributed by atoms with van der Waals surface area (Å²) >= 11 is 0. The molecule has 0 amide bonds. The fourth-order valence-electron chi connectivity index (χ4n) is 0.920. The Morgan fingerprint density at radius 2 is 2.53 bits per heavy atom. The van der Waals surface area contributed by atoms with Crippen molar-refractivity contribution in [3.63, 3.8) is 0 Å². The number of esters is 1. The van der Waals surface area contributed by atoms with Gasteiger partial charge in [0, 0.05) is 0 Å². The second kappa shape index (κ2) is 5.54. The summed E-state index contributed by atoms with van der Waals surface area (Å²) in [6.07, 6.45) is 1.41. The van der Waals surface area contributed by atoms with Crippen LogP contribution in [0.25, 0.3) is 0 Å². The summed E-state index contributed by atoms with van der Waals surface area (Å²) in [5, 5.41) is 18.7. The Kier molecular flexibility index (Phi) is 4.04. The van der Waals surface area contributed by atoms with Crippen molar-refractivity contribution < 1.29 is 9.53 Å². The van der Waals surface area contributed by atoms with Crippen LogP contribution < -0.4 is 5.32 Å². The van der Waals surface area contributed by atoms with Gasteiger partial charge in [-0.3, -0.25) is 4.79 Å². The molecule has 1 rings (SSSR count). The van der Waals surface area contributed by atoms with Crippen molar-refractivity contribution in [1.29, 1.82) is 5.26 Å². The maximum absolute atomic E-state index is 11.0. The number of hydrogen-bond donors (Lipinski definition) is 1. The molecule has 78 valence electrons. The average Bonchev–Trinajstić information content (AvgIpc) is 2.27. The highest BCUT2D eigenvalue weighted by Crippen LogP contribution is 2.07. The molecule has 0 fully saturated rings. The van der Waals surface area contributed by atoms with Gasteiger partial charge in [-0.15, -0.1) is 5.10 Å². The monoisotopic (exact) mass is 206 g/mol. The van der Waals surface area contributed by atoms with Crippen molar-refractivity contribution in [2.75, 3.05) is 18.5 Å². The summed E-state index contributed by atoms with van der Waals surface area (Å²) in [6.45, 7) is 2.02. The third-order valence-electron chi connectivity index (χ3n) is 1.55. The molecule has 15 heavy (non-hydrogen) atoms. The molecule has 0 unspecified atom stereocenters. The maximum atomic E-state index is 11.0. The van der Waals surface area contributed by atoms with Gasteiger partial charge in [-0.1, -0.05) is 0 Å². The van der Waals surface area contributed by atoms with Crippen LogP contribution in [0.4, 0.5) is 5.82 Å². The molecule has 0 aliphatic rings. The van der Waals surface area contributed by atoms with Gasteiger partial charge in [0.15, 0.2) is 5.82 Å². The van der Waals surface area contributed by atoms with Gasteiger partial charge in [0.05, 0.1) is 18.4 Å². The number of anilines is 1. The van der Waals surface area contributed by atoms with Crippen LogP contribution in [0.1, 0.15) is 12.5 Å². The predicted octanol–water partition coefficient (Wildman–Crippen LogP) is 0.323. The van der Waals surface area contributed by atoms with Gasteiger partial charge in [0.1, 0.15) is 12.6 Å². The van der Waals surface area contributed by atoms with Crippen molar-refractivity contribution in [3.05, 3.63) is 17.8 Å². The standard InChI is InChI=1S/C9H10N4O2/c1-2-15-8(14)6-11-9-7(5-10)3-4-12-13-9/h3-4H,2,6H2,1H3,(H,11,13). The minimum absolute atomic E-state index is 0.0266. The lowest BCUT2D eigenvalue weighted by Crippen LogP contribution is -2.18. The van der Waals surface area contributed by atoms with E-state index in [1.54, 1.807) is 6.92 Å². The van der Waals surface area contributed by atoms with Crippen LogP contribution in [-0.4, -0.2) is 29.3 Å². The van der Waals surface area contributed by atoms with Crippen molar-refractivity contribution in [1.82, 2.24) is 10.2 Å². The SMILES string of the molecule is CCOC(=O)CNc1nnccc1C#N. The lowest BCUT2D eigenvalue weighted by Gasteiger charge is -2.04. The second-order valence-corrected chi connectivity index (χ2v) is 2.56. The van der Waals surface area contributed by atoms with Crippen LogP contribution in [-0.2, 0) is 9.53 Å². The van der Waals surface area contributed by atoms with E-state index >= 15 is 0 Å². The van der Waals surface area contributed by atoms with E-state index in [2.05, 4.69) is 15.5 Å². The van der Waals surface area contributed by atoms with E-state index in [0.717, 1.165) is 0 Å². The average molecular weight is 206 g/mol. The van der Waals surface area contributed by atoms with Crippen molar-refractivity contribution in [2.24, 2.45) is 0 Å². The Morgan fingerprint density at radius 1 is 1.73 bits per heavy atom. The second-order valence-electron chi connectivity index (χ2n) is 2.56. The van der Waals surface area contributed by atoms with Crippen LogP contribution in [0.15, 0.2) is 12.3 Å². The van der Waals surface area contributed by atoms with E-state index in [0.29, 0.717) is 12.2 Å². The molecule has 1 aromatic rings. The first-order valence-electron chi connectivity index (χ1n) is 4.39. The Hall–Kier alpha value is -2.16. The summed E-state index contributed by atoms with van der Waals surface area (Å²) in [5.41, 5.74) is 0.342. The first kappa shape index (κ1) is 10.9. The number of nitrogens with one attached hydrogen (secondary N) is 1. The van der Waals surface area contributed by atoms with Crippen LogP contribution in [0.3, 0.4) is 0 Å². The molecule has 0 radical (unpaired) electrons. The number of aromatic nitrogens is 2. The van der Waals surface area contributed by atoms with E-state index < -0.39 is 5.97 Å². The number of hydrogen-bond acceptors (Lipinski definition) is 6. The molecule has 1 N–H and O–H groups in total. The number of nitrogens with zero attached hydrogens (tertiary/aromatic N) is 3. The van der Waals surface area contributed by atoms with Crippen LogP contribution in [0.5, 0.6) is 0 Å². The van der Waals surface area contributed by atoms with Gasteiger partial charge in [-0.25, -0.2) is 0 Å². The van der Waals surface area contributed by atoms with Crippen molar-refractivity contribution in [3.8, 4) is 6.07 Å². The fraction of sp³-hybridized carbons (Fsp3) is 0.333. The minimum atomic E-state index is -0.396. The molecule has 0 saturated carbocycles. The molecule has 1 aromatic heterocycles. The summed E-state index contributed by atoms with van der Waals surface area (Å²) in [4.78, 5) is 11.0. The number of rotatable bonds is 4. The first-order chi connectivity index (χ1) is 7.27. The van der Waals surface area contributed by atoms with Gasteiger partial charge in [0.25, 0.3) is 0 Å². The molecule has 0 spiro atoms. The predicted molar refractivity (Wildman–Crippen MR) is 51.9 cm³/mol. The van der Waals surface area contributed by atoms with Gasteiger partial charge < -0.3 is 10.1 Å². The summed E-state index contributed by atoms with van der Waals surface area (Å²) < 4.78 is 4.70. The topological polar surface area (TPSA) is 87.9 Å². The van der Waals surface area contributed by atoms with Crippen LogP contribution in [0.2, 0.25) is 0 Å². The molecule has 0 bridgehead atoms. The molecule has 0 aliphatic carbocycles. The van der Waals surface area contributed by atoms with Crippen molar-refractivity contribution in [2.45, 2.75) is 6.92 Å². The Morgan fingerprint density at radius 3 is 3.20 bits per heavy atom. The summed E-state index contributed by atoms with van der Waals surface area (Å²) in [6, 6.07) is 3.45. The Balaban J connectivity index is 2.58. The minimum Gasteiger partial charge on any atom is -0.465 e.